The van der Waals surface area contributed by atoms with Gasteiger partial charge in [0.15, 0.2) is 0 Å². The average molecular weight is 548 g/mol. The van der Waals surface area contributed by atoms with Crippen LogP contribution < -0.4 is 16.1 Å². The van der Waals surface area contributed by atoms with Crippen LogP contribution in [0, 0.1) is 5.41 Å². The Morgan fingerprint density at radius 1 is 1.12 bits per heavy atom. The van der Waals surface area contributed by atoms with Gasteiger partial charge in [0.05, 0.1) is 11.1 Å². The first-order chi connectivity index (χ1) is 19.0. The SMILES string of the molecule is C=CCC1NC(=O)C(C)(C)C=Cc2cc3cc(ccc3cn2)C(C)OC(=O)C2CCCN(N2)C(=O)C(C)NC1=O. The highest BCUT2D eigenvalue weighted by Crippen LogP contribution is 2.25. The van der Waals surface area contributed by atoms with E-state index < -0.39 is 47.4 Å². The first kappa shape index (κ1) is 28.9. The largest absolute Gasteiger partial charge is 0.457 e. The zero-order chi connectivity index (χ0) is 29.0. The van der Waals surface area contributed by atoms with Gasteiger partial charge in [-0.05, 0) is 76.1 Å². The first-order valence-electron chi connectivity index (χ1n) is 13.6. The van der Waals surface area contributed by atoms with E-state index in [9.17, 15) is 19.2 Å². The lowest BCUT2D eigenvalue weighted by Gasteiger charge is -2.35. The number of pyridine rings is 1. The quantitative estimate of drug-likeness (QED) is 0.389. The summed E-state index contributed by atoms with van der Waals surface area (Å²) in [6, 6.07) is 5.16. The minimum Gasteiger partial charge on any atom is -0.457 e. The number of hydrazine groups is 1. The zero-order valence-electron chi connectivity index (χ0n) is 23.4. The molecule has 1 fully saturated rings. The van der Waals surface area contributed by atoms with Gasteiger partial charge < -0.3 is 15.4 Å². The fourth-order valence-corrected chi connectivity index (χ4v) is 4.68. The van der Waals surface area contributed by atoms with E-state index in [1.54, 1.807) is 46.0 Å². The van der Waals surface area contributed by atoms with E-state index in [-0.39, 0.29) is 12.3 Å². The lowest BCUT2D eigenvalue weighted by Crippen LogP contribution is -2.60. The molecule has 0 aliphatic carbocycles. The molecule has 4 unspecified atom stereocenters. The molecular formula is C30H37N5O5. The van der Waals surface area contributed by atoms with Gasteiger partial charge in [-0.1, -0.05) is 24.3 Å². The number of fused-ring (bicyclic) bond motifs is 4. The van der Waals surface area contributed by atoms with Crippen molar-refractivity contribution in [3.05, 3.63) is 60.5 Å². The summed E-state index contributed by atoms with van der Waals surface area (Å²) in [5.74, 6) is -1.72. The number of ether oxygens (including phenoxy) is 1. The van der Waals surface area contributed by atoms with Gasteiger partial charge in [0.1, 0.15) is 24.2 Å². The second-order valence-corrected chi connectivity index (χ2v) is 10.9. The first-order valence-corrected chi connectivity index (χ1v) is 13.6. The van der Waals surface area contributed by atoms with Crippen molar-refractivity contribution in [3.8, 4) is 0 Å². The number of benzene rings is 1. The van der Waals surface area contributed by atoms with Crippen LogP contribution in [0.3, 0.4) is 0 Å². The molecule has 1 aromatic heterocycles. The summed E-state index contributed by atoms with van der Waals surface area (Å²) < 4.78 is 5.78. The van der Waals surface area contributed by atoms with Gasteiger partial charge in [-0.25, -0.2) is 5.43 Å². The van der Waals surface area contributed by atoms with E-state index in [1.807, 2.05) is 24.3 Å². The highest BCUT2D eigenvalue weighted by atomic mass is 16.5. The van der Waals surface area contributed by atoms with Crippen molar-refractivity contribution in [1.82, 2.24) is 26.1 Å². The van der Waals surface area contributed by atoms with Gasteiger partial charge >= 0.3 is 5.97 Å². The van der Waals surface area contributed by atoms with Crippen LogP contribution in [0.4, 0.5) is 0 Å². The number of esters is 1. The number of nitrogens with one attached hydrogen (secondary N) is 3. The Morgan fingerprint density at radius 2 is 1.90 bits per heavy atom. The minimum atomic E-state index is -0.964. The molecule has 40 heavy (non-hydrogen) atoms. The van der Waals surface area contributed by atoms with E-state index in [2.05, 4.69) is 27.6 Å². The zero-order valence-corrected chi connectivity index (χ0v) is 23.4. The number of aromatic nitrogens is 1. The number of amides is 3. The molecule has 2 aromatic rings. The second-order valence-electron chi connectivity index (χ2n) is 10.9. The summed E-state index contributed by atoms with van der Waals surface area (Å²) in [4.78, 5) is 57.0. The molecule has 212 valence electrons. The van der Waals surface area contributed by atoms with Crippen molar-refractivity contribution < 1.29 is 23.9 Å². The summed E-state index contributed by atoms with van der Waals surface area (Å²) in [6.07, 6.45) is 7.56. The standard InChI is InChI=1S/C30H37N5O5/c1-6-8-24-26(36)32-18(2)27(37)35-14-7-9-25(34-35)28(38)40-19(3)20-10-11-21-17-31-23(16-22(21)15-20)12-13-30(4,5)29(39)33-24/h6,10-13,15-19,24-25,34H,1,7-9,14H2,2-5H3,(H,32,36)(H,33,39). The lowest BCUT2D eigenvalue weighted by atomic mass is 9.90. The molecule has 2 aliphatic heterocycles. The summed E-state index contributed by atoms with van der Waals surface area (Å²) in [7, 11) is 0. The maximum atomic E-state index is 13.2. The number of nitrogens with zero attached hydrogens (tertiary/aromatic N) is 2. The summed E-state index contributed by atoms with van der Waals surface area (Å²) in [5.41, 5.74) is 3.48. The number of carbonyl (C=O) groups excluding carboxylic acids is 4. The van der Waals surface area contributed by atoms with Crippen molar-refractivity contribution in [2.45, 2.75) is 71.2 Å². The van der Waals surface area contributed by atoms with Crippen LogP contribution in [0.15, 0.2) is 49.2 Å². The molecule has 2 aliphatic rings. The van der Waals surface area contributed by atoms with Crippen molar-refractivity contribution in [2.24, 2.45) is 5.41 Å². The van der Waals surface area contributed by atoms with Crippen LogP contribution in [0.2, 0.25) is 0 Å². The predicted octanol–water partition coefficient (Wildman–Crippen LogP) is 2.95. The third-order valence-corrected chi connectivity index (χ3v) is 7.28. The van der Waals surface area contributed by atoms with Crippen molar-refractivity contribution in [1.29, 1.82) is 0 Å². The van der Waals surface area contributed by atoms with E-state index in [1.165, 1.54) is 11.1 Å². The molecule has 3 amide bonds. The number of rotatable bonds is 2. The molecule has 5 bridgehead atoms. The molecule has 4 rings (SSSR count). The van der Waals surface area contributed by atoms with Crippen molar-refractivity contribution in [2.75, 3.05) is 6.54 Å². The van der Waals surface area contributed by atoms with Gasteiger partial charge in [0.2, 0.25) is 11.8 Å². The topological polar surface area (TPSA) is 130 Å². The van der Waals surface area contributed by atoms with Gasteiger partial charge in [0, 0.05) is 18.1 Å². The molecule has 1 saturated heterocycles. The highest BCUT2D eigenvalue weighted by molar-refractivity contribution is 5.94. The fraction of sp³-hybridized carbons (Fsp3) is 0.433. The number of hydrogen-bond donors (Lipinski definition) is 3. The Labute approximate surface area is 234 Å². The molecule has 3 N–H and O–H groups in total. The number of cyclic esters (lactones) is 1. The van der Waals surface area contributed by atoms with Crippen LogP contribution in [-0.4, -0.2) is 58.4 Å². The molecule has 0 spiro atoms. The van der Waals surface area contributed by atoms with Gasteiger partial charge in [-0.2, -0.15) is 0 Å². The molecule has 1 aromatic carbocycles. The Balaban J connectivity index is 1.70. The van der Waals surface area contributed by atoms with E-state index >= 15 is 0 Å². The molecule has 0 radical (unpaired) electrons. The maximum Gasteiger partial charge on any atom is 0.325 e. The Hall–Kier alpha value is -4.05. The number of hydrogen-bond acceptors (Lipinski definition) is 7. The molecular weight excluding hydrogens is 510 g/mol. The highest BCUT2D eigenvalue weighted by Gasteiger charge is 2.34. The molecule has 0 saturated carbocycles. The summed E-state index contributed by atoms with van der Waals surface area (Å²) >= 11 is 0. The van der Waals surface area contributed by atoms with Gasteiger partial charge in [0.25, 0.3) is 5.91 Å². The van der Waals surface area contributed by atoms with Gasteiger partial charge in [-0.3, -0.25) is 29.2 Å². The van der Waals surface area contributed by atoms with Crippen LogP contribution >= 0.6 is 0 Å². The molecule has 10 heteroatoms. The third kappa shape index (κ3) is 6.56. The predicted molar refractivity (Wildman–Crippen MR) is 151 cm³/mol. The summed E-state index contributed by atoms with van der Waals surface area (Å²) in [6.45, 7) is 11.0. The van der Waals surface area contributed by atoms with Crippen molar-refractivity contribution >= 4 is 40.5 Å². The molecule has 3 heterocycles. The van der Waals surface area contributed by atoms with Crippen molar-refractivity contribution in [3.63, 3.8) is 0 Å². The van der Waals surface area contributed by atoms with Crippen LogP contribution in [-0.2, 0) is 23.9 Å². The van der Waals surface area contributed by atoms with Crippen LogP contribution in [0.5, 0.6) is 0 Å². The second kappa shape index (κ2) is 12.0. The smallest absolute Gasteiger partial charge is 0.325 e. The third-order valence-electron chi connectivity index (χ3n) is 7.28. The number of carbonyl (C=O) groups is 4. The lowest BCUT2D eigenvalue weighted by molar-refractivity contribution is -0.157. The monoisotopic (exact) mass is 547 g/mol. The Morgan fingerprint density at radius 3 is 2.65 bits per heavy atom. The fourth-order valence-electron chi connectivity index (χ4n) is 4.68. The Kier molecular flexibility index (Phi) is 8.68. The molecule has 4 atom stereocenters. The van der Waals surface area contributed by atoms with Crippen LogP contribution in [0.1, 0.15) is 64.3 Å². The molecule has 10 nitrogen and oxygen atoms in total. The Bertz CT molecular complexity index is 1350. The average Bonchev–Trinajstić information content (AvgIpc) is 2.94. The van der Waals surface area contributed by atoms with Crippen LogP contribution in [0.25, 0.3) is 16.8 Å². The van der Waals surface area contributed by atoms with E-state index in [4.69, 9.17) is 4.74 Å². The summed E-state index contributed by atoms with van der Waals surface area (Å²) in [5, 5.41) is 8.68. The normalized spacial score (nSPS) is 26.1. The van der Waals surface area contributed by atoms with Gasteiger partial charge in [-0.15, -0.1) is 6.58 Å². The minimum absolute atomic E-state index is 0.181. The van der Waals surface area contributed by atoms with E-state index in [0.717, 1.165) is 16.3 Å². The maximum absolute atomic E-state index is 13.2. The van der Waals surface area contributed by atoms with E-state index in [0.29, 0.717) is 25.1 Å².